The second-order valence-electron chi connectivity index (χ2n) is 9.26. The van der Waals surface area contributed by atoms with Crippen molar-refractivity contribution in [3.63, 3.8) is 0 Å². The summed E-state index contributed by atoms with van der Waals surface area (Å²) >= 11 is 0. The normalized spacial score (nSPS) is 13.0. The fraction of sp³-hybridized carbons (Fsp3) is 0.172. The second-order valence-corrected chi connectivity index (χ2v) is 9.26. The second kappa shape index (κ2) is 8.79. The molecule has 0 radical (unpaired) electrons. The van der Waals surface area contributed by atoms with Gasteiger partial charge >= 0.3 is 18.5 Å². The van der Waals surface area contributed by atoms with Crippen LogP contribution in [0.3, 0.4) is 0 Å². The minimum absolute atomic E-state index is 0.0994. The summed E-state index contributed by atoms with van der Waals surface area (Å²) in [5.41, 5.74) is -4.04. The Kier molecular flexibility index (Phi) is 6.01. The first-order chi connectivity index (χ1) is 18.1. The molecule has 0 spiro atoms. The Labute approximate surface area is 216 Å². The Hall–Kier alpha value is -3.95. The van der Waals surface area contributed by atoms with Gasteiger partial charge in [0.15, 0.2) is 0 Å². The summed E-state index contributed by atoms with van der Waals surface area (Å²) in [6, 6.07) is 17.4. The molecule has 0 fully saturated rings. The lowest BCUT2D eigenvalue weighted by Gasteiger charge is -2.22. The van der Waals surface area contributed by atoms with Crippen molar-refractivity contribution >= 4 is 21.8 Å². The van der Waals surface area contributed by atoms with Crippen molar-refractivity contribution in [1.29, 1.82) is 0 Å². The Balaban J connectivity index is 1.74. The predicted octanol–water partition coefficient (Wildman–Crippen LogP) is 10.1. The summed E-state index contributed by atoms with van der Waals surface area (Å²) in [6.45, 7) is 3.84. The van der Waals surface area contributed by atoms with Gasteiger partial charge in [0, 0.05) is 16.5 Å². The van der Waals surface area contributed by atoms with Crippen LogP contribution in [0.15, 0.2) is 72.8 Å². The standard InChI is InChI=1S/C29H18F9N/c1-15-5-3-7-20-21-8-4-6-16(2)26(21)39(25(15)20)19-11-9-17(10-12-19)18-13-22(27(30,31)32)24(29(36,37)38)23(14-18)28(33,34)35/h3-14H,1-2H3. The van der Waals surface area contributed by atoms with E-state index in [9.17, 15) is 39.5 Å². The van der Waals surface area contributed by atoms with Crippen LogP contribution < -0.4 is 0 Å². The van der Waals surface area contributed by atoms with Gasteiger partial charge in [0.1, 0.15) is 0 Å². The summed E-state index contributed by atoms with van der Waals surface area (Å²) in [6.07, 6.45) is -17.2. The van der Waals surface area contributed by atoms with E-state index in [4.69, 9.17) is 0 Å². The topological polar surface area (TPSA) is 4.93 Å². The maximum atomic E-state index is 13.6. The Bertz CT molecular complexity index is 1620. The molecule has 0 amide bonds. The maximum absolute atomic E-state index is 13.6. The lowest BCUT2D eigenvalue weighted by atomic mass is 9.93. The number of hydrogen-bond donors (Lipinski definition) is 0. The minimum atomic E-state index is -5.87. The monoisotopic (exact) mass is 551 g/mol. The minimum Gasteiger partial charge on any atom is -0.309 e. The van der Waals surface area contributed by atoms with Crippen LogP contribution in [0.1, 0.15) is 27.8 Å². The third kappa shape index (κ3) is 4.51. The van der Waals surface area contributed by atoms with Gasteiger partial charge in [-0.2, -0.15) is 39.5 Å². The van der Waals surface area contributed by atoms with E-state index in [-0.39, 0.29) is 17.7 Å². The highest BCUT2D eigenvalue weighted by Gasteiger charge is 2.50. The zero-order chi connectivity index (χ0) is 28.5. The number of aromatic nitrogens is 1. The summed E-state index contributed by atoms with van der Waals surface area (Å²) in [7, 11) is 0. The van der Waals surface area contributed by atoms with Crippen molar-refractivity contribution < 1.29 is 39.5 Å². The van der Waals surface area contributed by atoms with Crippen molar-refractivity contribution in [2.24, 2.45) is 0 Å². The molecule has 5 rings (SSSR count). The van der Waals surface area contributed by atoms with Gasteiger partial charge in [-0.15, -0.1) is 0 Å². The summed E-state index contributed by atoms with van der Waals surface area (Å²) in [5, 5.41) is 1.93. The van der Waals surface area contributed by atoms with Crippen molar-refractivity contribution in [2.75, 3.05) is 0 Å². The number of rotatable bonds is 2. The first-order valence-electron chi connectivity index (χ1n) is 11.6. The number of hydrogen-bond acceptors (Lipinski definition) is 0. The number of aryl methyl sites for hydroxylation is 2. The lowest BCUT2D eigenvalue weighted by Crippen LogP contribution is -2.23. The van der Waals surface area contributed by atoms with Crippen LogP contribution in [0.2, 0.25) is 0 Å². The quantitative estimate of drug-likeness (QED) is 0.193. The molecule has 10 heteroatoms. The van der Waals surface area contributed by atoms with E-state index in [1.807, 2.05) is 54.8 Å². The molecule has 0 saturated carbocycles. The fourth-order valence-corrected chi connectivity index (χ4v) is 5.08. The highest BCUT2D eigenvalue weighted by atomic mass is 19.4. The maximum Gasteiger partial charge on any atom is 0.417 e. The third-order valence-electron chi connectivity index (χ3n) is 6.70. The van der Waals surface area contributed by atoms with Crippen LogP contribution in [0.25, 0.3) is 38.6 Å². The van der Waals surface area contributed by atoms with Gasteiger partial charge in [-0.25, -0.2) is 0 Å². The molecule has 0 saturated heterocycles. The SMILES string of the molecule is Cc1cccc2c3cccc(C)c3n(-c3ccc(-c4cc(C(F)(F)F)c(C(F)(F)F)c(C(F)(F)F)c4)cc3)c12. The molecule has 1 nitrogen and oxygen atoms in total. The van der Waals surface area contributed by atoms with Crippen LogP contribution in [0, 0.1) is 13.8 Å². The summed E-state index contributed by atoms with van der Waals surface area (Å²) < 4.78 is 124. The average molecular weight is 551 g/mol. The van der Waals surface area contributed by atoms with Crippen LogP contribution >= 0.6 is 0 Å². The molecule has 39 heavy (non-hydrogen) atoms. The smallest absolute Gasteiger partial charge is 0.309 e. The Morgan fingerprint density at radius 2 is 0.949 bits per heavy atom. The van der Waals surface area contributed by atoms with Gasteiger partial charge in [-0.3, -0.25) is 0 Å². The molecule has 0 atom stereocenters. The molecule has 202 valence electrons. The third-order valence-corrected chi connectivity index (χ3v) is 6.70. The van der Waals surface area contributed by atoms with E-state index in [1.165, 1.54) is 24.3 Å². The van der Waals surface area contributed by atoms with E-state index >= 15 is 0 Å². The number of para-hydroxylation sites is 2. The van der Waals surface area contributed by atoms with Crippen LogP contribution in [0.5, 0.6) is 0 Å². The van der Waals surface area contributed by atoms with Crippen LogP contribution in [-0.2, 0) is 18.5 Å². The number of alkyl halides is 9. The lowest BCUT2D eigenvalue weighted by molar-refractivity contribution is -0.174. The zero-order valence-electron chi connectivity index (χ0n) is 20.3. The van der Waals surface area contributed by atoms with E-state index in [2.05, 4.69) is 0 Å². The van der Waals surface area contributed by atoms with Crippen LogP contribution in [0.4, 0.5) is 39.5 Å². The molecular weight excluding hydrogens is 533 g/mol. The highest BCUT2D eigenvalue weighted by Crippen LogP contribution is 2.48. The molecule has 0 unspecified atom stereocenters. The van der Waals surface area contributed by atoms with Crippen molar-refractivity contribution in [3.05, 3.63) is 101 Å². The first kappa shape index (κ1) is 26.6. The van der Waals surface area contributed by atoms with Gasteiger partial charge < -0.3 is 4.57 Å². The van der Waals surface area contributed by atoms with Gasteiger partial charge in [0.05, 0.1) is 27.7 Å². The van der Waals surface area contributed by atoms with E-state index in [0.717, 1.165) is 32.9 Å². The molecule has 1 aromatic heterocycles. The highest BCUT2D eigenvalue weighted by molar-refractivity contribution is 6.11. The molecule has 0 N–H and O–H groups in total. The van der Waals surface area contributed by atoms with E-state index in [1.54, 1.807) is 0 Å². The van der Waals surface area contributed by atoms with Gasteiger partial charge in [0.2, 0.25) is 0 Å². The first-order valence-corrected chi connectivity index (χ1v) is 11.6. The predicted molar refractivity (Wildman–Crippen MR) is 131 cm³/mol. The zero-order valence-corrected chi connectivity index (χ0v) is 20.3. The summed E-state index contributed by atoms with van der Waals surface area (Å²) in [5.74, 6) is 0. The molecule has 4 aromatic carbocycles. The van der Waals surface area contributed by atoms with Crippen molar-refractivity contribution in [3.8, 4) is 16.8 Å². The van der Waals surface area contributed by atoms with Gasteiger partial charge in [-0.1, -0.05) is 48.5 Å². The molecule has 5 aromatic rings. The van der Waals surface area contributed by atoms with Gasteiger partial charge in [-0.05, 0) is 60.4 Å². The number of fused-ring (bicyclic) bond motifs is 3. The molecular formula is C29H18F9N. The number of halogens is 9. The fourth-order valence-electron chi connectivity index (χ4n) is 5.08. The Morgan fingerprint density at radius 1 is 0.513 bits per heavy atom. The average Bonchev–Trinajstić information content (AvgIpc) is 3.19. The molecule has 0 bridgehead atoms. The van der Waals surface area contributed by atoms with Crippen molar-refractivity contribution in [1.82, 2.24) is 4.57 Å². The molecule has 0 aliphatic rings. The van der Waals surface area contributed by atoms with E-state index < -0.39 is 40.8 Å². The van der Waals surface area contributed by atoms with Gasteiger partial charge in [0.25, 0.3) is 0 Å². The number of benzene rings is 4. The van der Waals surface area contributed by atoms with Crippen LogP contribution in [-0.4, -0.2) is 4.57 Å². The molecule has 0 aliphatic carbocycles. The summed E-state index contributed by atoms with van der Waals surface area (Å²) in [4.78, 5) is 0. The molecule has 0 aliphatic heterocycles. The Morgan fingerprint density at radius 3 is 1.33 bits per heavy atom. The largest absolute Gasteiger partial charge is 0.417 e. The van der Waals surface area contributed by atoms with Crippen molar-refractivity contribution in [2.45, 2.75) is 32.4 Å². The van der Waals surface area contributed by atoms with E-state index in [0.29, 0.717) is 5.69 Å². The molecule has 1 heterocycles. The number of nitrogens with zero attached hydrogens (tertiary/aromatic N) is 1.